The summed E-state index contributed by atoms with van der Waals surface area (Å²) < 4.78 is 2.15. The summed E-state index contributed by atoms with van der Waals surface area (Å²) in [5.74, 6) is 0.291. The molecule has 2 fully saturated rings. The van der Waals surface area contributed by atoms with E-state index in [1.807, 2.05) is 17.4 Å². The maximum absolute atomic E-state index is 12.1. The van der Waals surface area contributed by atoms with Gasteiger partial charge in [-0.05, 0) is 32.2 Å². The molecule has 0 spiro atoms. The van der Waals surface area contributed by atoms with Crippen molar-refractivity contribution in [2.24, 2.45) is 0 Å². The molecular formula is C15H24N4O. The van der Waals surface area contributed by atoms with Crippen LogP contribution in [0.2, 0.25) is 0 Å². The third-order valence-electron chi connectivity index (χ3n) is 4.44. The van der Waals surface area contributed by atoms with E-state index in [1.54, 1.807) is 0 Å². The Hall–Kier alpha value is -1.36. The molecule has 0 aliphatic carbocycles. The van der Waals surface area contributed by atoms with E-state index in [9.17, 15) is 4.79 Å². The van der Waals surface area contributed by atoms with Crippen LogP contribution in [0.25, 0.3) is 0 Å². The molecule has 1 N–H and O–H groups in total. The number of nitrogens with zero attached hydrogens (tertiary/aromatic N) is 3. The zero-order valence-corrected chi connectivity index (χ0v) is 12.1. The van der Waals surface area contributed by atoms with E-state index in [-0.39, 0.29) is 0 Å². The van der Waals surface area contributed by atoms with Crippen LogP contribution in [-0.2, 0) is 11.3 Å². The summed E-state index contributed by atoms with van der Waals surface area (Å²) in [6.07, 6.45) is 10.4. The van der Waals surface area contributed by atoms with Crippen LogP contribution in [0.5, 0.6) is 0 Å². The summed E-state index contributed by atoms with van der Waals surface area (Å²) in [7, 11) is 0. The number of rotatable bonds is 4. The van der Waals surface area contributed by atoms with E-state index in [0.29, 0.717) is 18.4 Å². The Kier molecular flexibility index (Phi) is 4.35. The Morgan fingerprint density at radius 3 is 2.90 bits per heavy atom. The van der Waals surface area contributed by atoms with Gasteiger partial charge in [-0.15, -0.1) is 0 Å². The molecule has 1 atom stereocenters. The molecule has 1 amide bonds. The summed E-state index contributed by atoms with van der Waals surface area (Å²) in [6, 6.07) is 0.410. The standard InChI is InChI=1S/C15H24N4O/c20-15(18-8-3-4-9-18)6-10-19-12-16-11-14(19)13-5-1-2-7-17-13/h11-13,17H,1-10H2. The topological polar surface area (TPSA) is 50.2 Å². The zero-order valence-electron chi connectivity index (χ0n) is 12.1. The molecule has 1 aromatic rings. The van der Waals surface area contributed by atoms with Crippen molar-refractivity contribution < 1.29 is 4.79 Å². The van der Waals surface area contributed by atoms with Crippen molar-refractivity contribution in [2.75, 3.05) is 19.6 Å². The molecule has 5 nitrogen and oxygen atoms in total. The second-order valence-corrected chi connectivity index (χ2v) is 5.85. The number of carbonyl (C=O) groups excluding carboxylic acids is 1. The molecule has 0 aromatic carbocycles. The lowest BCUT2D eigenvalue weighted by atomic mass is 10.0. The molecule has 20 heavy (non-hydrogen) atoms. The maximum Gasteiger partial charge on any atom is 0.224 e. The molecule has 0 bridgehead atoms. The Morgan fingerprint density at radius 2 is 2.15 bits per heavy atom. The van der Waals surface area contributed by atoms with Crippen molar-refractivity contribution in [1.82, 2.24) is 19.8 Å². The number of hydrogen-bond donors (Lipinski definition) is 1. The minimum Gasteiger partial charge on any atom is -0.343 e. The van der Waals surface area contributed by atoms with Gasteiger partial charge in [0.2, 0.25) is 5.91 Å². The fraction of sp³-hybridized carbons (Fsp3) is 0.733. The highest BCUT2D eigenvalue weighted by atomic mass is 16.2. The van der Waals surface area contributed by atoms with E-state index < -0.39 is 0 Å². The van der Waals surface area contributed by atoms with Gasteiger partial charge in [-0.25, -0.2) is 4.98 Å². The lowest BCUT2D eigenvalue weighted by molar-refractivity contribution is -0.130. The molecule has 1 aromatic heterocycles. The first kappa shape index (κ1) is 13.6. The van der Waals surface area contributed by atoms with Gasteiger partial charge in [-0.3, -0.25) is 4.79 Å². The number of nitrogens with one attached hydrogen (secondary N) is 1. The largest absolute Gasteiger partial charge is 0.343 e. The van der Waals surface area contributed by atoms with Crippen LogP contribution < -0.4 is 5.32 Å². The maximum atomic E-state index is 12.1. The number of likely N-dealkylation sites (tertiary alicyclic amines) is 1. The average Bonchev–Trinajstić information content (AvgIpc) is 3.17. The normalized spacial score (nSPS) is 23.2. The molecule has 2 aliphatic rings. The predicted octanol–water partition coefficient (Wildman–Crippen LogP) is 1.71. The number of aromatic nitrogens is 2. The highest BCUT2D eigenvalue weighted by Crippen LogP contribution is 2.22. The number of amides is 1. The smallest absolute Gasteiger partial charge is 0.224 e. The van der Waals surface area contributed by atoms with Crippen LogP contribution in [0, 0.1) is 0 Å². The fourth-order valence-corrected chi connectivity index (χ4v) is 3.25. The van der Waals surface area contributed by atoms with Gasteiger partial charge in [-0.1, -0.05) is 6.42 Å². The SMILES string of the molecule is O=C(CCn1cncc1C1CCCCN1)N1CCCC1. The van der Waals surface area contributed by atoms with Crippen LogP contribution in [0.4, 0.5) is 0 Å². The first-order valence-electron chi connectivity index (χ1n) is 7.86. The molecule has 3 rings (SSSR count). The number of hydrogen-bond acceptors (Lipinski definition) is 3. The Labute approximate surface area is 120 Å². The Bertz CT molecular complexity index is 444. The van der Waals surface area contributed by atoms with Crippen molar-refractivity contribution in [1.29, 1.82) is 0 Å². The lowest BCUT2D eigenvalue weighted by Gasteiger charge is -2.24. The quantitative estimate of drug-likeness (QED) is 0.911. The summed E-state index contributed by atoms with van der Waals surface area (Å²) >= 11 is 0. The van der Waals surface area contributed by atoms with Gasteiger partial charge < -0.3 is 14.8 Å². The number of carbonyl (C=O) groups is 1. The summed E-state index contributed by atoms with van der Waals surface area (Å²) in [5, 5.41) is 3.55. The molecule has 3 heterocycles. The second kappa shape index (κ2) is 6.39. The Morgan fingerprint density at radius 1 is 1.30 bits per heavy atom. The molecular weight excluding hydrogens is 252 g/mol. The fourth-order valence-electron chi connectivity index (χ4n) is 3.25. The lowest BCUT2D eigenvalue weighted by Crippen LogP contribution is -2.30. The van der Waals surface area contributed by atoms with Crippen molar-refractivity contribution in [3.8, 4) is 0 Å². The van der Waals surface area contributed by atoms with Crippen LogP contribution >= 0.6 is 0 Å². The highest BCUT2D eigenvalue weighted by Gasteiger charge is 2.20. The van der Waals surface area contributed by atoms with Crippen molar-refractivity contribution >= 4 is 5.91 Å². The van der Waals surface area contributed by atoms with Crippen molar-refractivity contribution in [3.05, 3.63) is 18.2 Å². The van der Waals surface area contributed by atoms with E-state index >= 15 is 0 Å². The van der Waals surface area contributed by atoms with Gasteiger partial charge in [0.1, 0.15) is 0 Å². The van der Waals surface area contributed by atoms with E-state index in [2.05, 4.69) is 14.9 Å². The molecule has 2 aliphatic heterocycles. The number of imidazole rings is 1. The first-order valence-corrected chi connectivity index (χ1v) is 7.86. The van der Waals surface area contributed by atoms with Crippen LogP contribution in [0.3, 0.4) is 0 Å². The Balaban J connectivity index is 1.57. The van der Waals surface area contributed by atoms with E-state index in [4.69, 9.17) is 0 Å². The summed E-state index contributed by atoms with van der Waals surface area (Å²) in [4.78, 5) is 18.4. The van der Waals surface area contributed by atoms with Gasteiger partial charge in [0.05, 0.1) is 12.0 Å². The minimum atomic E-state index is 0.291. The van der Waals surface area contributed by atoms with Crippen LogP contribution in [-0.4, -0.2) is 40.0 Å². The number of piperidine rings is 1. The molecule has 5 heteroatoms. The van der Waals surface area contributed by atoms with Gasteiger partial charge in [0.25, 0.3) is 0 Å². The van der Waals surface area contributed by atoms with Crippen LogP contribution in [0.1, 0.15) is 50.3 Å². The van der Waals surface area contributed by atoms with Crippen molar-refractivity contribution in [3.63, 3.8) is 0 Å². The molecule has 1 unspecified atom stereocenters. The number of aryl methyl sites for hydroxylation is 1. The molecule has 110 valence electrons. The minimum absolute atomic E-state index is 0.291. The zero-order chi connectivity index (χ0) is 13.8. The summed E-state index contributed by atoms with van der Waals surface area (Å²) in [6.45, 7) is 3.73. The van der Waals surface area contributed by atoms with Crippen molar-refractivity contribution in [2.45, 2.75) is 51.1 Å². The average molecular weight is 276 g/mol. The van der Waals surface area contributed by atoms with Crippen LogP contribution in [0.15, 0.2) is 12.5 Å². The molecule has 0 radical (unpaired) electrons. The van der Waals surface area contributed by atoms with Gasteiger partial charge in [-0.2, -0.15) is 0 Å². The predicted molar refractivity (Wildman–Crippen MR) is 77.3 cm³/mol. The summed E-state index contributed by atoms with van der Waals surface area (Å²) in [5.41, 5.74) is 1.24. The third kappa shape index (κ3) is 3.03. The first-order chi connectivity index (χ1) is 9.84. The van der Waals surface area contributed by atoms with Gasteiger partial charge in [0.15, 0.2) is 0 Å². The van der Waals surface area contributed by atoms with Gasteiger partial charge >= 0.3 is 0 Å². The molecule has 2 saturated heterocycles. The molecule has 0 saturated carbocycles. The van der Waals surface area contributed by atoms with Gasteiger partial charge in [0, 0.05) is 38.3 Å². The van der Waals surface area contributed by atoms with E-state index in [0.717, 1.165) is 39.0 Å². The second-order valence-electron chi connectivity index (χ2n) is 5.85. The monoisotopic (exact) mass is 276 g/mol. The highest BCUT2D eigenvalue weighted by molar-refractivity contribution is 5.76. The third-order valence-corrected chi connectivity index (χ3v) is 4.44. The van der Waals surface area contributed by atoms with E-state index in [1.165, 1.54) is 25.0 Å².